The normalized spacial score (nSPS) is 24.0. The van der Waals surface area contributed by atoms with Gasteiger partial charge in [-0.05, 0) is 38.6 Å². The van der Waals surface area contributed by atoms with Gasteiger partial charge in [-0.25, -0.2) is 0 Å². The Kier molecular flexibility index (Phi) is 5.59. The van der Waals surface area contributed by atoms with Gasteiger partial charge in [-0.2, -0.15) is 0 Å². The Morgan fingerprint density at radius 3 is 2.17 bits per heavy atom. The number of aliphatic carboxylic acids is 1. The molecule has 0 spiro atoms. The molecule has 0 aliphatic heterocycles. The minimum Gasteiger partial charge on any atom is -0.480 e. The molecule has 0 aromatic carbocycles. The standard InChI is InChI=1S/C13H24N2O3/c1-10-4-6-11(7-5-10)15(3)12(16)8-14(2)9-13(17)18/h10-11H,4-9H2,1-3H3,(H,17,18). The third-order valence-electron chi connectivity index (χ3n) is 3.74. The highest BCUT2D eigenvalue weighted by molar-refractivity contribution is 5.79. The predicted molar refractivity (Wildman–Crippen MR) is 69.3 cm³/mol. The lowest BCUT2D eigenvalue weighted by atomic mass is 9.87. The first kappa shape index (κ1) is 15.0. The van der Waals surface area contributed by atoms with Crippen LogP contribution in [0.15, 0.2) is 0 Å². The number of carbonyl (C=O) groups is 2. The van der Waals surface area contributed by atoms with Gasteiger partial charge in [-0.3, -0.25) is 14.5 Å². The second-order valence-electron chi connectivity index (χ2n) is 5.48. The molecule has 1 aliphatic rings. The Balaban J connectivity index is 2.38. The van der Waals surface area contributed by atoms with Crippen LogP contribution in [0.5, 0.6) is 0 Å². The molecule has 0 saturated heterocycles. The van der Waals surface area contributed by atoms with Crippen molar-refractivity contribution in [3.63, 3.8) is 0 Å². The lowest BCUT2D eigenvalue weighted by molar-refractivity contribution is -0.139. The molecular weight excluding hydrogens is 232 g/mol. The average molecular weight is 256 g/mol. The quantitative estimate of drug-likeness (QED) is 0.798. The summed E-state index contributed by atoms with van der Waals surface area (Å²) in [5.74, 6) is -0.128. The second kappa shape index (κ2) is 6.73. The van der Waals surface area contributed by atoms with E-state index in [0.29, 0.717) is 6.04 Å². The van der Waals surface area contributed by atoms with E-state index in [1.807, 2.05) is 7.05 Å². The summed E-state index contributed by atoms with van der Waals surface area (Å²) in [6.07, 6.45) is 4.47. The number of rotatable bonds is 5. The van der Waals surface area contributed by atoms with E-state index in [0.717, 1.165) is 18.8 Å². The summed E-state index contributed by atoms with van der Waals surface area (Å²) >= 11 is 0. The van der Waals surface area contributed by atoms with E-state index in [2.05, 4.69) is 6.92 Å². The van der Waals surface area contributed by atoms with Crippen molar-refractivity contribution in [3.05, 3.63) is 0 Å². The molecule has 0 aromatic heterocycles. The van der Waals surface area contributed by atoms with E-state index in [-0.39, 0.29) is 19.0 Å². The third-order valence-corrected chi connectivity index (χ3v) is 3.74. The number of nitrogens with zero attached hydrogens (tertiary/aromatic N) is 2. The van der Waals surface area contributed by atoms with Gasteiger partial charge in [-0.15, -0.1) is 0 Å². The van der Waals surface area contributed by atoms with E-state index in [4.69, 9.17) is 5.11 Å². The summed E-state index contributed by atoms with van der Waals surface area (Å²) < 4.78 is 0. The van der Waals surface area contributed by atoms with E-state index >= 15 is 0 Å². The monoisotopic (exact) mass is 256 g/mol. The van der Waals surface area contributed by atoms with E-state index in [9.17, 15) is 9.59 Å². The highest BCUT2D eigenvalue weighted by Crippen LogP contribution is 2.26. The SMILES string of the molecule is CC1CCC(N(C)C(=O)CN(C)CC(=O)O)CC1. The maximum absolute atomic E-state index is 12.0. The molecule has 0 radical (unpaired) electrons. The van der Waals surface area contributed by atoms with Crippen molar-refractivity contribution < 1.29 is 14.7 Å². The van der Waals surface area contributed by atoms with Gasteiger partial charge in [0, 0.05) is 13.1 Å². The first-order chi connectivity index (χ1) is 8.40. The topological polar surface area (TPSA) is 60.9 Å². The van der Waals surface area contributed by atoms with Crippen LogP contribution in [0.25, 0.3) is 0 Å². The molecule has 1 aliphatic carbocycles. The Morgan fingerprint density at radius 2 is 1.67 bits per heavy atom. The first-order valence-electron chi connectivity index (χ1n) is 6.56. The van der Waals surface area contributed by atoms with Crippen molar-refractivity contribution in [2.75, 3.05) is 27.2 Å². The highest BCUT2D eigenvalue weighted by Gasteiger charge is 2.25. The summed E-state index contributed by atoms with van der Waals surface area (Å²) in [6, 6.07) is 0.326. The van der Waals surface area contributed by atoms with Crippen molar-refractivity contribution in [1.82, 2.24) is 9.80 Å². The van der Waals surface area contributed by atoms with Gasteiger partial charge in [0.1, 0.15) is 0 Å². The van der Waals surface area contributed by atoms with E-state index in [1.165, 1.54) is 17.7 Å². The van der Waals surface area contributed by atoms with Crippen LogP contribution in [0.3, 0.4) is 0 Å². The maximum Gasteiger partial charge on any atom is 0.317 e. The van der Waals surface area contributed by atoms with Crippen LogP contribution in [0.4, 0.5) is 0 Å². The molecule has 0 bridgehead atoms. The number of hydrogen-bond acceptors (Lipinski definition) is 3. The van der Waals surface area contributed by atoms with Gasteiger partial charge in [0.05, 0.1) is 13.1 Å². The molecule has 0 aromatic rings. The maximum atomic E-state index is 12.0. The fraction of sp³-hybridized carbons (Fsp3) is 0.846. The highest BCUT2D eigenvalue weighted by atomic mass is 16.4. The van der Waals surface area contributed by atoms with Crippen molar-refractivity contribution in [2.45, 2.75) is 38.6 Å². The number of carboxylic acids is 1. The molecule has 0 atom stereocenters. The van der Waals surface area contributed by atoms with Gasteiger partial charge in [0.2, 0.25) is 5.91 Å². The number of likely N-dealkylation sites (N-methyl/N-ethyl adjacent to an activating group) is 2. The molecule has 5 nitrogen and oxygen atoms in total. The lowest BCUT2D eigenvalue weighted by Crippen LogP contribution is -2.44. The zero-order valence-electron chi connectivity index (χ0n) is 11.6. The minimum atomic E-state index is -0.903. The molecule has 18 heavy (non-hydrogen) atoms. The average Bonchev–Trinajstić information content (AvgIpc) is 2.27. The molecule has 1 fully saturated rings. The lowest BCUT2D eigenvalue weighted by Gasteiger charge is -2.34. The predicted octanol–water partition coefficient (Wildman–Crippen LogP) is 1.04. The molecule has 0 heterocycles. The summed E-state index contributed by atoms with van der Waals surface area (Å²) in [6.45, 7) is 2.33. The van der Waals surface area contributed by atoms with Crippen LogP contribution in [-0.2, 0) is 9.59 Å². The number of carboxylic acid groups (broad SMARTS) is 1. The number of amides is 1. The first-order valence-corrected chi connectivity index (χ1v) is 6.56. The van der Waals surface area contributed by atoms with Gasteiger partial charge in [-0.1, -0.05) is 6.92 Å². The van der Waals surface area contributed by atoms with Crippen LogP contribution < -0.4 is 0 Å². The van der Waals surface area contributed by atoms with Crippen molar-refractivity contribution >= 4 is 11.9 Å². The molecule has 5 heteroatoms. The van der Waals surface area contributed by atoms with Crippen LogP contribution in [0.1, 0.15) is 32.6 Å². The Labute approximate surface area is 109 Å². The Hall–Kier alpha value is -1.10. The van der Waals surface area contributed by atoms with Crippen molar-refractivity contribution in [3.8, 4) is 0 Å². The molecule has 1 amide bonds. The number of hydrogen-bond donors (Lipinski definition) is 1. The zero-order valence-corrected chi connectivity index (χ0v) is 11.6. The molecule has 104 valence electrons. The van der Waals surface area contributed by atoms with Crippen LogP contribution in [0.2, 0.25) is 0 Å². The fourth-order valence-electron chi connectivity index (χ4n) is 2.46. The van der Waals surface area contributed by atoms with Crippen molar-refractivity contribution in [1.29, 1.82) is 0 Å². The summed E-state index contributed by atoms with van der Waals surface area (Å²) in [4.78, 5) is 25.9. The summed E-state index contributed by atoms with van der Waals surface area (Å²) in [5.41, 5.74) is 0. The molecule has 1 saturated carbocycles. The zero-order chi connectivity index (χ0) is 13.7. The van der Waals surface area contributed by atoms with E-state index < -0.39 is 5.97 Å². The number of carbonyl (C=O) groups excluding carboxylic acids is 1. The van der Waals surface area contributed by atoms with Gasteiger partial charge in [0.25, 0.3) is 0 Å². The van der Waals surface area contributed by atoms with Crippen LogP contribution >= 0.6 is 0 Å². The molecular formula is C13H24N2O3. The molecule has 1 N–H and O–H groups in total. The Bertz CT molecular complexity index is 299. The second-order valence-corrected chi connectivity index (χ2v) is 5.48. The third kappa shape index (κ3) is 4.64. The van der Waals surface area contributed by atoms with Crippen LogP contribution in [0, 0.1) is 5.92 Å². The summed E-state index contributed by atoms with van der Waals surface area (Å²) in [7, 11) is 3.49. The summed E-state index contributed by atoms with van der Waals surface area (Å²) in [5, 5.41) is 8.65. The van der Waals surface area contributed by atoms with Crippen LogP contribution in [-0.4, -0.2) is 60.0 Å². The Morgan fingerprint density at radius 1 is 1.11 bits per heavy atom. The largest absolute Gasteiger partial charge is 0.480 e. The van der Waals surface area contributed by atoms with Gasteiger partial charge in [0.15, 0.2) is 0 Å². The fourth-order valence-corrected chi connectivity index (χ4v) is 2.46. The minimum absolute atomic E-state index is 0.0123. The molecule has 0 unspecified atom stereocenters. The smallest absolute Gasteiger partial charge is 0.317 e. The molecule has 1 rings (SSSR count). The van der Waals surface area contributed by atoms with E-state index in [1.54, 1.807) is 11.9 Å². The van der Waals surface area contributed by atoms with Gasteiger partial charge >= 0.3 is 5.97 Å². The van der Waals surface area contributed by atoms with Gasteiger partial charge < -0.3 is 10.0 Å². The van der Waals surface area contributed by atoms with Crippen molar-refractivity contribution in [2.24, 2.45) is 5.92 Å².